The summed E-state index contributed by atoms with van der Waals surface area (Å²) in [4.78, 5) is 31.8. The Kier molecular flexibility index (Phi) is 4.28. The first-order valence-electron chi connectivity index (χ1n) is 6.98. The van der Waals surface area contributed by atoms with Crippen LogP contribution in [-0.2, 0) is 4.74 Å². The third kappa shape index (κ3) is 3.27. The second-order valence-electron chi connectivity index (χ2n) is 4.82. The van der Waals surface area contributed by atoms with Gasteiger partial charge in [-0.3, -0.25) is 14.9 Å². The Morgan fingerprint density at radius 2 is 2.00 bits per heavy atom. The van der Waals surface area contributed by atoms with Crippen molar-refractivity contribution in [3.8, 4) is 11.4 Å². The number of anilines is 1. The van der Waals surface area contributed by atoms with Gasteiger partial charge in [0.25, 0.3) is 5.91 Å². The summed E-state index contributed by atoms with van der Waals surface area (Å²) in [5, 5.41) is 9.30. The quantitative estimate of drug-likeness (QED) is 0.710. The minimum absolute atomic E-state index is 0.209. The zero-order valence-corrected chi connectivity index (χ0v) is 12.7. The van der Waals surface area contributed by atoms with E-state index in [-0.39, 0.29) is 17.0 Å². The summed E-state index contributed by atoms with van der Waals surface area (Å²) in [6.07, 6.45) is 4.12. The van der Waals surface area contributed by atoms with Gasteiger partial charge in [0.1, 0.15) is 6.33 Å². The summed E-state index contributed by atoms with van der Waals surface area (Å²) >= 11 is 0. The van der Waals surface area contributed by atoms with E-state index in [9.17, 15) is 9.59 Å². The molecule has 0 radical (unpaired) electrons. The highest BCUT2D eigenvalue weighted by atomic mass is 16.5. The van der Waals surface area contributed by atoms with Crippen LogP contribution in [0.15, 0.2) is 49.1 Å². The maximum atomic E-state index is 12.3. The molecule has 0 atom stereocenters. The lowest BCUT2D eigenvalue weighted by atomic mass is 10.1. The summed E-state index contributed by atoms with van der Waals surface area (Å²) in [5.41, 5.74) is 1.83. The van der Waals surface area contributed by atoms with Crippen LogP contribution < -0.4 is 5.32 Å². The predicted molar refractivity (Wildman–Crippen MR) is 85.3 cm³/mol. The number of methoxy groups -OCH3 is 1. The van der Waals surface area contributed by atoms with Crippen molar-refractivity contribution in [2.24, 2.45) is 0 Å². The number of carbonyl (C=O) groups is 2. The van der Waals surface area contributed by atoms with E-state index >= 15 is 0 Å². The summed E-state index contributed by atoms with van der Waals surface area (Å²) in [6, 6.07) is 8.56. The molecule has 0 saturated carbocycles. The van der Waals surface area contributed by atoms with Gasteiger partial charge in [-0.05, 0) is 18.2 Å². The van der Waals surface area contributed by atoms with Crippen LogP contribution in [0, 0.1) is 0 Å². The van der Waals surface area contributed by atoms with Gasteiger partial charge in [-0.2, -0.15) is 5.10 Å². The third-order valence-corrected chi connectivity index (χ3v) is 3.23. The molecule has 8 heteroatoms. The van der Waals surface area contributed by atoms with E-state index in [1.165, 1.54) is 31.9 Å². The largest absolute Gasteiger partial charge is 0.465 e. The second-order valence-corrected chi connectivity index (χ2v) is 4.82. The standard InChI is InChI=1S/C16H13N5O3/c1-24-16(23)12-5-11(7-17-8-12)15(22)20-13-4-2-3-10(6-13)14-18-9-19-21-14/h2-9H,1H3,(H,20,22)(H,18,19,21). The normalized spacial score (nSPS) is 10.2. The fourth-order valence-electron chi connectivity index (χ4n) is 2.09. The van der Waals surface area contributed by atoms with Crippen molar-refractivity contribution in [2.75, 3.05) is 12.4 Å². The molecule has 1 amide bonds. The molecule has 0 bridgehead atoms. The van der Waals surface area contributed by atoms with Crippen molar-refractivity contribution in [2.45, 2.75) is 0 Å². The Labute approximate surface area is 136 Å². The number of rotatable bonds is 4. The van der Waals surface area contributed by atoms with Crippen molar-refractivity contribution in [3.63, 3.8) is 0 Å². The van der Waals surface area contributed by atoms with Gasteiger partial charge in [-0.15, -0.1) is 0 Å². The number of benzene rings is 1. The molecular formula is C16H13N5O3. The summed E-state index contributed by atoms with van der Waals surface area (Å²) < 4.78 is 4.62. The number of H-pyrrole nitrogens is 1. The van der Waals surface area contributed by atoms with E-state index in [4.69, 9.17) is 0 Å². The van der Waals surface area contributed by atoms with E-state index in [1.807, 2.05) is 6.07 Å². The molecule has 0 unspecified atom stereocenters. The minimum atomic E-state index is -0.551. The van der Waals surface area contributed by atoms with Crippen LogP contribution in [0.4, 0.5) is 5.69 Å². The van der Waals surface area contributed by atoms with Gasteiger partial charge in [0.2, 0.25) is 0 Å². The van der Waals surface area contributed by atoms with Gasteiger partial charge >= 0.3 is 5.97 Å². The number of ether oxygens (including phenoxy) is 1. The number of nitrogens with one attached hydrogen (secondary N) is 2. The van der Waals surface area contributed by atoms with E-state index in [1.54, 1.807) is 18.2 Å². The lowest BCUT2D eigenvalue weighted by Crippen LogP contribution is -2.13. The molecule has 0 spiro atoms. The first-order chi connectivity index (χ1) is 11.7. The van der Waals surface area contributed by atoms with Crippen molar-refractivity contribution < 1.29 is 14.3 Å². The molecule has 2 heterocycles. The Balaban J connectivity index is 1.80. The summed E-state index contributed by atoms with van der Waals surface area (Å²) in [7, 11) is 1.27. The summed E-state index contributed by atoms with van der Waals surface area (Å²) in [6.45, 7) is 0. The van der Waals surface area contributed by atoms with Crippen LogP contribution in [0.5, 0.6) is 0 Å². The third-order valence-electron chi connectivity index (χ3n) is 3.23. The molecular weight excluding hydrogens is 310 g/mol. The molecule has 24 heavy (non-hydrogen) atoms. The maximum Gasteiger partial charge on any atom is 0.339 e. The van der Waals surface area contributed by atoms with Crippen molar-refractivity contribution in [3.05, 3.63) is 60.2 Å². The first-order valence-corrected chi connectivity index (χ1v) is 6.98. The zero-order valence-electron chi connectivity index (χ0n) is 12.7. The highest BCUT2D eigenvalue weighted by molar-refractivity contribution is 6.05. The van der Waals surface area contributed by atoms with Gasteiger partial charge in [0.15, 0.2) is 5.82 Å². The predicted octanol–water partition coefficient (Wildman–Crippen LogP) is 1.91. The van der Waals surface area contributed by atoms with E-state index < -0.39 is 5.97 Å². The van der Waals surface area contributed by atoms with Crippen LogP contribution in [-0.4, -0.2) is 39.2 Å². The topological polar surface area (TPSA) is 110 Å². The summed E-state index contributed by atoms with van der Waals surface area (Å²) in [5.74, 6) is -0.340. The molecule has 2 N–H and O–H groups in total. The fraction of sp³-hybridized carbons (Fsp3) is 0.0625. The molecule has 3 aromatic rings. The average molecular weight is 323 g/mol. The molecule has 0 aliphatic heterocycles. The number of pyridine rings is 1. The van der Waals surface area contributed by atoms with E-state index in [0.717, 1.165) is 5.56 Å². The van der Waals surface area contributed by atoms with Crippen LogP contribution in [0.25, 0.3) is 11.4 Å². The Morgan fingerprint density at radius 1 is 1.17 bits per heavy atom. The monoisotopic (exact) mass is 323 g/mol. The molecule has 0 saturated heterocycles. The number of nitrogens with zero attached hydrogens (tertiary/aromatic N) is 3. The van der Waals surface area contributed by atoms with Gasteiger partial charge in [-0.25, -0.2) is 9.78 Å². The highest BCUT2D eigenvalue weighted by Crippen LogP contribution is 2.19. The minimum Gasteiger partial charge on any atom is -0.465 e. The molecule has 2 aromatic heterocycles. The zero-order chi connectivity index (χ0) is 16.9. The number of aromatic nitrogens is 4. The van der Waals surface area contributed by atoms with Crippen LogP contribution >= 0.6 is 0 Å². The number of esters is 1. The molecule has 1 aromatic carbocycles. The molecule has 0 aliphatic rings. The van der Waals surface area contributed by atoms with Gasteiger partial charge in [-0.1, -0.05) is 12.1 Å². The van der Waals surface area contributed by atoms with E-state index in [0.29, 0.717) is 11.5 Å². The number of amides is 1. The molecule has 0 fully saturated rings. The van der Waals surface area contributed by atoms with Crippen LogP contribution in [0.2, 0.25) is 0 Å². The van der Waals surface area contributed by atoms with Gasteiger partial charge < -0.3 is 10.1 Å². The Morgan fingerprint density at radius 3 is 2.75 bits per heavy atom. The van der Waals surface area contributed by atoms with Gasteiger partial charge in [0.05, 0.1) is 18.2 Å². The molecule has 8 nitrogen and oxygen atoms in total. The number of carbonyl (C=O) groups excluding carboxylic acids is 2. The van der Waals surface area contributed by atoms with Crippen molar-refractivity contribution >= 4 is 17.6 Å². The second kappa shape index (κ2) is 6.69. The van der Waals surface area contributed by atoms with Crippen LogP contribution in [0.3, 0.4) is 0 Å². The fourth-order valence-corrected chi connectivity index (χ4v) is 2.09. The van der Waals surface area contributed by atoms with Crippen LogP contribution in [0.1, 0.15) is 20.7 Å². The highest BCUT2D eigenvalue weighted by Gasteiger charge is 2.12. The molecule has 120 valence electrons. The first kappa shape index (κ1) is 15.3. The van der Waals surface area contributed by atoms with E-state index in [2.05, 4.69) is 30.2 Å². The number of hydrogen-bond acceptors (Lipinski definition) is 6. The number of hydrogen-bond donors (Lipinski definition) is 2. The Bertz CT molecular complexity index is 877. The lowest BCUT2D eigenvalue weighted by molar-refractivity contribution is 0.0600. The average Bonchev–Trinajstić information content (AvgIpc) is 3.16. The van der Waals surface area contributed by atoms with Crippen molar-refractivity contribution in [1.82, 2.24) is 20.2 Å². The lowest BCUT2D eigenvalue weighted by Gasteiger charge is -2.07. The molecule has 0 aliphatic carbocycles. The number of aromatic amines is 1. The molecule has 3 rings (SSSR count). The smallest absolute Gasteiger partial charge is 0.339 e. The van der Waals surface area contributed by atoms with Crippen molar-refractivity contribution in [1.29, 1.82) is 0 Å². The van der Waals surface area contributed by atoms with Gasteiger partial charge in [0, 0.05) is 23.6 Å². The Hall–Kier alpha value is -3.55. The SMILES string of the molecule is COC(=O)c1cncc(C(=O)Nc2cccc(-c3ncn[nH]3)c2)c1. The maximum absolute atomic E-state index is 12.3.